The summed E-state index contributed by atoms with van der Waals surface area (Å²) in [6.07, 6.45) is 3.49. The van der Waals surface area contributed by atoms with E-state index in [9.17, 15) is 4.39 Å². The number of hydrogen-bond donors (Lipinski definition) is 1. The molecule has 1 N–H and O–H groups in total. The van der Waals surface area contributed by atoms with Gasteiger partial charge in [-0.15, -0.1) is 0 Å². The summed E-state index contributed by atoms with van der Waals surface area (Å²) in [6, 6.07) is 16.8. The van der Waals surface area contributed by atoms with E-state index in [4.69, 9.17) is 16.6 Å². The minimum atomic E-state index is -0.230. The van der Waals surface area contributed by atoms with Crippen molar-refractivity contribution in [3.8, 4) is 0 Å². The van der Waals surface area contributed by atoms with E-state index in [2.05, 4.69) is 39.7 Å². The molecule has 4 heterocycles. The second kappa shape index (κ2) is 8.48. The van der Waals surface area contributed by atoms with Crippen molar-refractivity contribution >= 4 is 23.0 Å². The Morgan fingerprint density at radius 1 is 1.09 bits per heavy atom. The first-order valence-electron chi connectivity index (χ1n) is 10.9. The van der Waals surface area contributed by atoms with Crippen molar-refractivity contribution in [2.75, 3.05) is 4.90 Å². The summed E-state index contributed by atoms with van der Waals surface area (Å²) in [5, 5.41) is 4.07. The fourth-order valence-electron chi connectivity index (χ4n) is 4.66. The Morgan fingerprint density at radius 3 is 2.64 bits per heavy atom. The van der Waals surface area contributed by atoms with Gasteiger partial charge in [-0.25, -0.2) is 4.39 Å². The Labute approximate surface area is 197 Å². The van der Waals surface area contributed by atoms with Gasteiger partial charge < -0.3 is 19.2 Å². The van der Waals surface area contributed by atoms with Gasteiger partial charge in [-0.2, -0.15) is 0 Å². The standard InChI is InChI=1S/C26H25FN4OS/c1-16-13-19(9-10-22(16)27)31-25(24(29-26(31)33)23-8-4-5-11-28-23)21-14-17(2)30(18(21)3)15-20-7-6-12-32-20/h4-14,24-25H,15H2,1-3H3,(H,29,33)/t24-,25+/m0/s1. The lowest BCUT2D eigenvalue weighted by Crippen LogP contribution is -2.29. The first-order chi connectivity index (χ1) is 15.9. The predicted molar refractivity (Wildman–Crippen MR) is 131 cm³/mol. The SMILES string of the molecule is Cc1cc(N2C(=S)N[C@@H](c3ccccn3)[C@H]2c2cc(C)n(Cc3ccco3)c2C)ccc1F. The van der Waals surface area contributed by atoms with Gasteiger partial charge in [0.1, 0.15) is 11.6 Å². The van der Waals surface area contributed by atoms with Crippen molar-refractivity contribution < 1.29 is 8.81 Å². The minimum Gasteiger partial charge on any atom is -0.467 e. The Hall–Kier alpha value is -3.45. The van der Waals surface area contributed by atoms with E-state index in [1.54, 1.807) is 25.5 Å². The molecule has 5 nitrogen and oxygen atoms in total. The fourth-order valence-corrected chi connectivity index (χ4v) is 5.00. The van der Waals surface area contributed by atoms with Crippen molar-refractivity contribution in [3.05, 3.63) is 107 Å². The van der Waals surface area contributed by atoms with Gasteiger partial charge in [0.05, 0.1) is 30.6 Å². The molecule has 7 heteroatoms. The number of pyridine rings is 1. The summed E-state index contributed by atoms with van der Waals surface area (Å²) in [5.74, 6) is 0.669. The number of hydrogen-bond acceptors (Lipinski definition) is 3. The van der Waals surface area contributed by atoms with E-state index in [-0.39, 0.29) is 17.9 Å². The zero-order valence-electron chi connectivity index (χ0n) is 18.7. The third-order valence-corrected chi connectivity index (χ3v) is 6.66. The zero-order chi connectivity index (χ0) is 23.1. The molecule has 0 amide bonds. The summed E-state index contributed by atoms with van der Waals surface area (Å²) in [5.41, 5.74) is 5.74. The molecule has 0 saturated carbocycles. The fraction of sp³-hybridized carbons (Fsp3) is 0.231. The molecule has 0 spiro atoms. The van der Waals surface area contributed by atoms with E-state index in [1.807, 2.05) is 36.4 Å². The number of halogens is 1. The number of aryl methyl sites for hydroxylation is 2. The molecule has 0 bridgehead atoms. The van der Waals surface area contributed by atoms with Crippen LogP contribution in [0.5, 0.6) is 0 Å². The molecular weight excluding hydrogens is 435 g/mol. The average molecular weight is 461 g/mol. The molecule has 33 heavy (non-hydrogen) atoms. The number of thiocarbonyl (C=S) groups is 1. The van der Waals surface area contributed by atoms with Crippen LogP contribution in [0.3, 0.4) is 0 Å². The summed E-state index contributed by atoms with van der Waals surface area (Å²) in [6.45, 7) is 6.64. The van der Waals surface area contributed by atoms with Crippen LogP contribution in [-0.4, -0.2) is 14.7 Å². The quantitative estimate of drug-likeness (QED) is 0.383. The van der Waals surface area contributed by atoms with Gasteiger partial charge in [-0.3, -0.25) is 4.98 Å². The summed E-state index contributed by atoms with van der Waals surface area (Å²) >= 11 is 5.80. The van der Waals surface area contributed by atoms with Crippen molar-refractivity contribution in [3.63, 3.8) is 0 Å². The predicted octanol–water partition coefficient (Wildman–Crippen LogP) is 5.77. The van der Waals surface area contributed by atoms with Crippen LogP contribution >= 0.6 is 12.2 Å². The maximum Gasteiger partial charge on any atom is 0.174 e. The van der Waals surface area contributed by atoms with Crippen molar-refractivity contribution in [1.82, 2.24) is 14.9 Å². The number of furan rings is 1. The Balaban J connectivity index is 1.64. The van der Waals surface area contributed by atoms with Crippen molar-refractivity contribution in [2.45, 2.75) is 39.4 Å². The van der Waals surface area contributed by atoms with Crippen LogP contribution in [0.2, 0.25) is 0 Å². The highest BCUT2D eigenvalue weighted by molar-refractivity contribution is 7.80. The minimum absolute atomic E-state index is 0.145. The van der Waals surface area contributed by atoms with Crippen LogP contribution in [0.25, 0.3) is 0 Å². The lowest BCUT2D eigenvalue weighted by Gasteiger charge is -2.28. The van der Waals surface area contributed by atoms with E-state index >= 15 is 0 Å². The number of nitrogens with one attached hydrogen (secondary N) is 1. The van der Waals surface area contributed by atoms with Gasteiger partial charge in [0.25, 0.3) is 0 Å². The van der Waals surface area contributed by atoms with E-state index in [0.717, 1.165) is 34.1 Å². The molecular formula is C26H25FN4OS. The highest BCUT2D eigenvalue weighted by Crippen LogP contribution is 2.43. The van der Waals surface area contributed by atoms with Gasteiger partial charge in [0.2, 0.25) is 0 Å². The smallest absolute Gasteiger partial charge is 0.174 e. The van der Waals surface area contributed by atoms with Crippen LogP contribution in [0.1, 0.15) is 46.1 Å². The molecule has 3 aromatic heterocycles. The van der Waals surface area contributed by atoms with E-state index in [1.165, 1.54) is 6.07 Å². The van der Waals surface area contributed by atoms with Crippen LogP contribution in [-0.2, 0) is 6.54 Å². The summed E-state index contributed by atoms with van der Waals surface area (Å²) in [7, 11) is 0. The molecule has 5 rings (SSSR count). The monoisotopic (exact) mass is 460 g/mol. The maximum absolute atomic E-state index is 14.1. The molecule has 4 aromatic rings. The molecule has 2 atom stereocenters. The zero-order valence-corrected chi connectivity index (χ0v) is 19.6. The highest BCUT2D eigenvalue weighted by Gasteiger charge is 2.42. The van der Waals surface area contributed by atoms with Crippen LogP contribution < -0.4 is 10.2 Å². The third kappa shape index (κ3) is 3.82. The lowest BCUT2D eigenvalue weighted by atomic mass is 9.96. The lowest BCUT2D eigenvalue weighted by molar-refractivity contribution is 0.488. The summed E-state index contributed by atoms with van der Waals surface area (Å²) in [4.78, 5) is 6.70. The van der Waals surface area contributed by atoms with Gasteiger partial charge in [-0.05, 0) is 92.6 Å². The number of anilines is 1. The molecule has 168 valence electrons. The van der Waals surface area contributed by atoms with Gasteiger partial charge in [-0.1, -0.05) is 6.07 Å². The second-order valence-corrected chi connectivity index (χ2v) is 8.81. The molecule has 1 aliphatic rings. The van der Waals surface area contributed by atoms with E-state index < -0.39 is 0 Å². The largest absolute Gasteiger partial charge is 0.467 e. The molecule has 1 fully saturated rings. The number of rotatable bonds is 5. The van der Waals surface area contributed by atoms with Crippen LogP contribution in [0, 0.1) is 26.6 Å². The Bertz CT molecular complexity index is 1300. The Kier molecular flexibility index (Phi) is 5.50. The van der Waals surface area contributed by atoms with Gasteiger partial charge in [0.15, 0.2) is 5.11 Å². The number of benzene rings is 1. The topological polar surface area (TPSA) is 46.2 Å². The normalized spacial score (nSPS) is 18.1. The number of nitrogens with zero attached hydrogens (tertiary/aromatic N) is 3. The molecule has 0 unspecified atom stereocenters. The first-order valence-corrected chi connectivity index (χ1v) is 11.3. The summed E-state index contributed by atoms with van der Waals surface area (Å²) < 4.78 is 21.9. The van der Waals surface area contributed by atoms with Crippen LogP contribution in [0.15, 0.2) is 71.5 Å². The number of aromatic nitrogens is 2. The second-order valence-electron chi connectivity index (χ2n) is 8.42. The van der Waals surface area contributed by atoms with Crippen molar-refractivity contribution in [2.24, 2.45) is 0 Å². The van der Waals surface area contributed by atoms with Crippen LogP contribution in [0.4, 0.5) is 10.1 Å². The van der Waals surface area contributed by atoms with Gasteiger partial charge in [0, 0.05) is 23.3 Å². The molecule has 1 aliphatic heterocycles. The van der Waals surface area contributed by atoms with E-state index in [0.29, 0.717) is 17.2 Å². The average Bonchev–Trinajstić information content (AvgIpc) is 3.51. The van der Waals surface area contributed by atoms with Gasteiger partial charge >= 0.3 is 0 Å². The molecule has 0 aliphatic carbocycles. The Morgan fingerprint density at radius 2 is 1.94 bits per heavy atom. The molecule has 1 aromatic carbocycles. The van der Waals surface area contributed by atoms with Crippen molar-refractivity contribution in [1.29, 1.82) is 0 Å². The molecule has 0 radical (unpaired) electrons. The first kappa shape index (κ1) is 21.4. The third-order valence-electron chi connectivity index (χ3n) is 6.34. The maximum atomic E-state index is 14.1. The molecule has 1 saturated heterocycles. The highest BCUT2D eigenvalue weighted by atomic mass is 32.1.